The fourth-order valence-corrected chi connectivity index (χ4v) is 1.07. The monoisotopic (exact) mass is 253 g/mol. The average Bonchev–Trinajstić information content (AvgIpc) is 2.25. The number of nitrogens with zero attached hydrogens (tertiary/aromatic N) is 1. The topological polar surface area (TPSA) is 98.7 Å². The Bertz CT molecular complexity index is 373. The van der Waals surface area contributed by atoms with Crippen molar-refractivity contribution in [1.82, 2.24) is 15.5 Å². The molecule has 0 aliphatic heterocycles. The van der Waals surface area contributed by atoms with Crippen molar-refractivity contribution in [3.8, 4) is 12.3 Å². The average molecular weight is 253 g/mol. The molecule has 0 radical (unpaired) electrons. The van der Waals surface area contributed by atoms with E-state index in [9.17, 15) is 14.4 Å². The number of hydrogen-bond donors (Lipinski definition) is 3. The van der Waals surface area contributed by atoms with Gasteiger partial charge in [-0.2, -0.15) is 0 Å². The van der Waals surface area contributed by atoms with Crippen molar-refractivity contribution in [2.24, 2.45) is 0 Å². The Morgan fingerprint density at radius 2 is 2.06 bits per heavy atom. The van der Waals surface area contributed by atoms with E-state index in [1.807, 2.05) is 5.32 Å². The van der Waals surface area contributed by atoms with E-state index >= 15 is 0 Å². The Kier molecular flexibility index (Phi) is 7.64. The molecule has 0 rings (SSSR count). The summed E-state index contributed by atoms with van der Waals surface area (Å²) >= 11 is 0. The van der Waals surface area contributed by atoms with Gasteiger partial charge in [0.1, 0.15) is 0 Å². The molecule has 0 aromatic carbocycles. The van der Waals surface area contributed by atoms with Crippen molar-refractivity contribution < 1.29 is 19.5 Å². The lowest BCUT2D eigenvalue weighted by atomic mass is 10.4. The summed E-state index contributed by atoms with van der Waals surface area (Å²) in [6.07, 6.45) is 6.50. The number of amides is 3. The molecule has 0 aromatic heterocycles. The zero-order valence-corrected chi connectivity index (χ0v) is 9.81. The number of carboxylic acid groups (broad SMARTS) is 1. The fraction of sp³-hybridized carbons (Fsp3) is 0.364. The third-order valence-electron chi connectivity index (χ3n) is 1.70. The molecule has 3 N–H and O–H groups in total. The van der Waals surface area contributed by atoms with E-state index in [4.69, 9.17) is 11.5 Å². The van der Waals surface area contributed by atoms with Gasteiger partial charge in [-0.15, -0.1) is 13.0 Å². The highest BCUT2D eigenvalue weighted by Crippen LogP contribution is 1.87. The molecule has 7 nitrogen and oxygen atoms in total. The van der Waals surface area contributed by atoms with Crippen LogP contribution in [-0.4, -0.2) is 54.1 Å². The smallest absolute Gasteiger partial charge is 0.321 e. The lowest BCUT2D eigenvalue weighted by molar-refractivity contribution is -0.138. The van der Waals surface area contributed by atoms with E-state index in [1.54, 1.807) is 0 Å². The van der Waals surface area contributed by atoms with Crippen LogP contribution in [0.5, 0.6) is 0 Å². The molecule has 0 spiro atoms. The summed E-state index contributed by atoms with van der Waals surface area (Å²) in [5.41, 5.74) is 0. The third kappa shape index (κ3) is 7.90. The normalized spacial score (nSPS) is 9.33. The van der Waals surface area contributed by atoms with Gasteiger partial charge in [0.25, 0.3) is 0 Å². The molecular weight excluding hydrogens is 238 g/mol. The van der Waals surface area contributed by atoms with Gasteiger partial charge in [0, 0.05) is 6.54 Å². The van der Waals surface area contributed by atoms with Gasteiger partial charge in [-0.05, 0) is 0 Å². The molecule has 0 bridgehead atoms. The highest BCUT2D eigenvalue weighted by atomic mass is 16.4. The summed E-state index contributed by atoms with van der Waals surface area (Å²) in [6.45, 7) is 2.99. The zero-order chi connectivity index (χ0) is 14.0. The van der Waals surface area contributed by atoms with Crippen LogP contribution in [0.25, 0.3) is 0 Å². The van der Waals surface area contributed by atoms with Crippen molar-refractivity contribution in [1.29, 1.82) is 0 Å². The standard InChI is InChI=1S/C11H15N3O4/c1-3-5-12-11(18)13-9(15)7-14(6-4-2)8-10(16)17/h2-3H,1,5-8H2,(H,16,17)(H2,12,13,15,18). The molecule has 7 heteroatoms. The largest absolute Gasteiger partial charge is 0.480 e. The first-order valence-corrected chi connectivity index (χ1v) is 5.05. The van der Waals surface area contributed by atoms with Crippen LogP contribution >= 0.6 is 0 Å². The second-order valence-electron chi connectivity index (χ2n) is 3.29. The molecule has 0 saturated heterocycles. The van der Waals surface area contributed by atoms with Gasteiger partial charge in [-0.1, -0.05) is 12.0 Å². The quantitative estimate of drug-likeness (QED) is 0.400. The first kappa shape index (κ1) is 15.7. The van der Waals surface area contributed by atoms with Crippen LogP contribution in [0.4, 0.5) is 4.79 Å². The number of imide groups is 1. The van der Waals surface area contributed by atoms with Crippen molar-refractivity contribution in [3.05, 3.63) is 12.7 Å². The predicted molar refractivity (Wildman–Crippen MR) is 64.6 cm³/mol. The van der Waals surface area contributed by atoms with Gasteiger partial charge >= 0.3 is 12.0 Å². The van der Waals surface area contributed by atoms with Crippen LogP contribution in [-0.2, 0) is 9.59 Å². The van der Waals surface area contributed by atoms with Crippen LogP contribution in [0, 0.1) is 12.3 Å². The number of urea groups is 1. The Labute approximate surface area is 105 Å². The summed E-state index contributed by atoms with van der Waals surface area (Å²) in [5, 5.41) is 13.0. The predicted octanol–water partition coefficient (Wildman–Crippen LogP) is -0.982. The highest BCUT2D eigenvalue weighted by molar-refractivity contribution is 5.95. The van der Waals surface area contributed by atoms with Crippen molar-refractivity contribution in [2.45, 2.75) is 0 Å². The maximum atomic E-state index is 11.4. The summed E-state index contributed by atoms with van der Waals surface area (Å²) < 4.78 is 0. The van der Waals surface area contributed by atoms with Gasteiger partial charge in [-0.25, -0.2) is 4.79 Å². The molecule has 3 amide bonds. The van der Waals surface area contributed by atoms with Gasteiger partial charge in [-0.3, -0.25) is 19.8 Å². The van der Waals surface area contributed by atoms with Crippen molar-refractivity contribution >= 4 is 17.9 Å². The van der Waals surface area contributed by atoms with Crippen LogP contribution in [0.15, 0.2) is 12.7 Å². The SMILES string of the molecule is C#CCN(CC(=O)O)CC(=O)NC(=O)NCC=C. The lowest BCUT2D eigenvalue weighted by Crippen LogP contribution is -2.45. The Hall–Kier alpha value is -2.33. The second-order valence-corrected chi connectivity index (χ2v) is 3.29. The molecule has 0 heterocycles. The maximum Gasteiger partial charge on any atom is 0.321 e. The van der Waals surface area contributed by atoms with Gasteiger partial charge in [0.15, 0.2) is 0 Å². The van der Waals surface area contributed by atoms with Gasteiger partial charge in [0.2, 0.25) is 5.91 Å². The number of carboxylic acids is 1. The van der Waals surface area contributed by atoms with E-state index < -0.39 is 17.9 Å². The third-order valence-corrected chi connectivity index (χ3v) is 1.70. The summed E-state index contributed by atoms with van der Waals surface area (Å²) in [6, 6.07) is -0.670. The Balaban J connectivity index is 4.16. The fourth-order valence-electron chi connectivity index (χ4n) is 1.07. The molecule has 0 unspecified atom stereocenters. The maximum absolute atomic E-state index is 11.4. The number of carbonyl (C=O) groups is 3. The minimum atomic E-state index is -1.10. The van der Waals surface area contributed by atoms with Gasteiger partial charge < -0.3 is 10.4 Å². The van der Waals surface area contributed by atoms with Crippen LogP contribution < -0.4 is 10.6 Å². The first-order valence-electron chi connectivity index (χ1n) is 5.05. The lowest BCUT2D eigenvalue weighted by Gasteiger charge is -2.16. The van der Waals surface area contributed by atoms with E-state index in [1.165, 1.54) is 11.0 Å². The van der Waals surface area contributed by atoms with E-state index in [2.05, 4.69) is 17.8 Å². The second kappa shape index (κ2) is 8.78. The minimum absolute atomic E-state index is 0.00793. The van der Waals surface area contributed by atoms with Crippen LogP contribution in [0.3, 0.4) is 0 Å². The molecule has 98 valence electrons. The molecule has 0 aliphatic rings. The Morgan fingerprint density at radius 1 is 1.39 bits per heavy atom. The number of rotatable bonds is 7. The summed E-state index contributed by atoms with van der Waals surface area (Å²) in [5.74, 6) is 0.501. The van der Waals surface area contributed by atoms with E-state index in [-0.39, 0.29) is 26.2 Å². The molecule has 0 atom stereocenters. The zero-order valence-electron chi connectivity index (χ0n) is 9.81. The minimum Gasteiger partial charge on any atom is -0.480 e. The summed E-state index contributed by atoms with van der Waals surface area (Å²) in [4.78, 5) is 34.2. The molecule has 0 saturated carbocycles. The highest BCUT2D eigenvalue weighted by Gasteiger charge is 2.14. The van der Waals surface area contributed by atoms with Gasteiger partial charge in [0.05, 0.1) is 19.6 Å². The Morgan fingerprint density at radius 3 is 2.56 bits per heavy atom. The molecule has 0 aliphatic carbocycles. The van der Waals surface area contributed by atoms with Crippen molar-refractivity contribution in [2.75, 3.05) is 26.2 Å². The van der Waals surface area contributed by atoms with E-state index in [0.29, 0.717) is 0 Å². The van der Waals surface area contributed by atoms with Crippen LogP contribution in [0.2, 0.25) is 0 Å². The number of aliphatic carboxylic acids is 1. The molecule has 0 aromatic rings. The van der Waals surface area contributed by atoms with Crippen LogP contribution in [0.1, 0.15) is 0 Å². The molecule has 18 heavy (non-hydrogen) atoms. The number of terminal acetylenes is 1. The molecule has 0 fully saturated rings. The number of hydrogen-bond acceptors (Lipinski definition) is 4. The number of carbonyl (C=O) groups excluding carboxylic acids is 2. The van der Waals surface area contributed by atoms with Crippen molar-refractivity contribution in [3.63, 3.8) is 0 Å². The first-order chi connectivity index (χ1) is 8.49. The van der Waals surface area contributed by atoms with E-state index in [0.717, 1.165) is 0 Å². The molecular formula is C11H15N3O4. The summed E-state index contributed by atoms with van der Waals surface area (Å²) in [7, 11) is 0. The number of nitrogens with one attached hydrogen (secondary N) is 2.